The van der Waals surface area contributed by atoms with Crippen LogP contribution in [0.15, 0.2) is 12.4 Å². The van der Waals surface area contributed by atoms with Crippen molar-refractivity contribution < 1.29 is 22.6 Å². The van der Waals surface area contributed by atoms with E-state index in [4.69, 9.17) is 14.2 Å². The van der Waals surface area contributed by atoms with Gasteiger partial charge in [-0.05, 0) is 6.42 Å². The van der Waals surface area contributed by atoms with E-state index in [1.165, 1.54) is 28.1 Å². The Labute approximate surface area is 135 Å². The second-order valence-electron chi connectivity index (χ2n) is 5.31. The SMILES string of the molecule is COc1cncc(OC2CCN(S(=O)(=O)N3CCOCC3)C2)n1. The number of methoxy groups -OCH3 is 1. The molecule has 10 heteroatoms. The molecule has 1 atom stereocenters. The van der Waals surface area contributed by atoms with Gasteiger partial charge in [-0.25, -0.2) is 0 Å². The van der Waals surface area contributed by atoms with Gasteiger partial charge in [0.15, 0.2) is 0 Å². The monoisotopic (exact) mass is 344 g/mol. The molecule has 0 spiro atoms. The lowest BCUT2D eigenvalue weighted by molar-refractivity contribution is 0.0703. The van der Waals surface area contributed by atoms with Crippen LogP contribution in [0.25, 0.3) is 0 Å². The lowest BCUT2D eigenvalue weighted by Gasteiger charge is -2.29. The quantitative estimate of drug-likeness (QED) is 0.712. The maximum atomic E-state index is 12.6. The fourth-order valence-electron chi connectivity index (χ4n) is 2.60. The number of ether oxygens (including phenoxy) is 3. The Bertz CT molecular complexity index is 635. The van der Waals surface area contributed by atoms with Gasteiger partial charge in [0, 0.05) is 19.6 Å². The minimum absolute atomic E-state index is 0.243. The molecule has 0 amide bonds. The first-order chi connectivity index (χ1) is 11.1. The topological polar surface area (TPSA) is 94.1 Å². The summed E-state index contributed by atoms with van der Waals surface area (Å²) in [6.45, 7) is 2.40. The van der Waals surface area contributed by atoms with E-state index in [-0.39, 0.29) is 6.10 Å². The number of rotatable bonds is 5. The van der Waals surface area contributed by atoms with Crippen LogP contribution in [0.2, 0.25) is 0 Å². The Morgan fingerprint density at radius 2 is 1.91 bits per heavy atom. The van der Waals surface area contributed by atoms with E-state index in [0.29, 0.717) is 57.6 Å². The highest BCUT2D eigenvalue weighted by molar-refractivity contribution is 7.86. The molecule has 0 bridgehead atoms. The standard InChI is InChI=1S/C13H20N4O5S/c1-20-12-8-14-9-13(15-12)22-11-2-3-17(10-11)23(18,19)16-4-6-21-7-5-16/h8-9,11H,2-7,10H2,1H3. The van der Waals surface area contributed by atoms with E-state index in [1.54, 1.807) is 0 Å². The molecule has 0 saturated carbocycles. The minimum Gasteiger partial charge on any atom is -0.480 e. The summed E-state index contributed by atoms with van der Waals surface area (Å²) >= 11 is 0. The summed E-state index contributed by atoms with van der Waals surface area (Å²) in [7, 11) is -1.95. The van der Waals surface area contributed by atoms with Crippen LogP contribution in [-0.4, -0.2) is 79.6 Å². The molecule has 1 unspecified atom stereocenters. The average Bonchev–Trinajstić information content (AvgIpc) is 3.05. The van der Waals surface area contributed by atoms with Gasteiger partial charge in [0.2, 0.25) is 11.8 Å². The molecule has 1 aromatic heterocycles. The predicted molar refractivity (Wildman–Crippen MR) is 80.5 cm³/mol. The van der Waals surface area contributed by atoms with Crippen molar-refractivity contribution in [2.75, 3.05) is 46.5 Å². The van der Waals surface area contributed by atoms with Crippen LogP contribution in [0.1, 0.15) is 6.42 Å². The summed E-state index contributed by atoms with van der Waals surface area (Å²) in [4.78, 5) is 8.10. The maximum Gasteiger partial charge on any atom is 0.282 e. The number of hydrogen-bond acceptors (Lipinski definition) is 7. The first-order valence-electron chi connectivity index (χ1n) is 7.45. The molecular weight excluding hydrogens is 324 g/mol. The number of morpholine rings is 1. The zero-order chi connectivity index (χ0) is 16.3. The second-order valence-corrected chi connectivity index (χ2v) is 7.23. The van der Waals surface area contributed by atoms with Gasteiger partial charge in [-0.1, -0.05) is 0 Å². The molecule has 2 saturated heterocycles. The van der Waals surface area contributed by atoms with Gasteiger partial charge < -0.3 is 14.2 Å². The van der Waals surface area contributed by atoms with Crippen LogP contribution >= 0.6 is 0 Å². The molecule has 0 radical (unpaired) electrons. The Morgan fingerprint density at radius 1 is 1.17 bits per heavy atom. The molecule has 0 aliphatic carbocycles. The molecule has 1 aromatic rings. The van der Waals surface area contributed by atoms with Gasteiger partial charge in [-0.3, -0.25) is 4.98 Å². The molecule has 2 aliphatic heterocycles. The van der Waals surface area contributed by atoms with Crippen LogP contribution in [0.3, 0.4) is 0 Å². The minimum atomic E-state index is -3.45. The molecule has 23 heavy (non-hydrogen) atoms. The number of nitrogens with zero attached hydrogens (tertiary/aromatic N) is 4. The molecule has 9 nitrogen and oxygen atoms in total. The van der Waals surface area contributed by atoms with Crippen LogP contribution < -0.4 is 9.47 Å². The van der Waals surface area contributed by atoms with E-state index >= 15 is 0 Å². The first-order valence-corrected chi connectivity index (χ1v) is 8.85. The van der Waals surface area contributed by atoms with Crippen molar-refractivity contribution in [2.24, 2.45) is 0 Å². The lowest BCUT2D eigenvalue weighted by Crippen LogP contribution is -2.48. The lowest BCUT2D eigenvalue weighted by atomic mass is 10.3. The van der Waals surface area contributed by atoms with Gasteiger partial charge in [0.1, 0.15) is 6.10 Å². The molecule has 2 fully saturated rings. The van der Waals surface area contributed by atoms with Crippen LogP contribution in [0.5, 0.6) is 11.8 Å². The molecule has 128 valence electrons. The summed E-state index contributed by atoms with van der Waals surface area (Å²) in [6, 6.07) is 0. The molecule has 3 rings (SSSR count). The van der Waals surface area contributed by atoms with Crippen LogP contribution in [0, 0.1) is 0 Å². The third-order valence-electron chi connectivity index (χ3n) is 3.82. The average molecular weight is 344 g/mol. The summed E-state index contributed by atoms with van der Waals surface area (Å²) in [6.07, 6.45) is 3.34. The van der Waals surface area contributed by atoms with Gasteiger partial charge in [-0.15, -0.1) is 0 Å². The zero-order valence-corrected chi connectivity index (χ0v) is 13.7. The van der Waals surface area contributed by atoms with Gasteiger partial charge >= 0.3 is 0 Å². The van der Waals surface area contributed by atoms with E-state index in [0.717, 1.165) is 0 Å². The number of aromatic nitrogens is 2. The third kappa shape index (κ3) is 3.71. The summed E-state index contributed by atoms with van der Waals surface area (Å²) < 4.78 is 44.0. The zero-order valence-electron chi connectivity index (χ0n) is 12.9. The highest BCUT2D eigenvalue weighted by atomic mass is 32.2. The van der Waals surface area contributed by atoms with Crippen molar-refractivity contribution in [1.29, 1.82) is 0 Å². The van der Waals surface area contributed by atoms with E-state index < -0.39 is 10.2 Å². The maximum absolute atomic E-state index is 12.6. The van der Waals surface area contributed by atoms with Gasteiger partial charge in [0.05, 0.1) is 39.3 Å². The smallest absolute Gasteiger partial charge is 0.282 e. The second kappa shape index (κ2) is 6.95. The van der Waals surface area contributed by atoms with E-state index in [1.807, 2.05) is 0 Å². The Kier molecular flexibility index (Phi) is 4.95. The van der Waals surface area contributed by atoms with Gasteiger partial charge in [0.25, 0.3) is 10.2 Å². The Morgan fingerprint density at radius 3 is 2.65 bits per heavy atom. The Balaban J connectivity index is 1.61. The van der Waals surface area contributed by atoms with Crippen molar-refractivity contribution in [2.45, 2.75) is 12.5 Å². The first kappa shape index (κ1) is 16.4. The third-order valence-corrected chi connectivity index (χ3v) is 5.82. The fraction of sp³-hybridized carbons (Fsp3) is 0.692. The molecule has 0 N–H and O–H groups in total. The van der Waals surface area contributed by atoms with Crippen molar-refractivity contribution in [1.82, 2.24) is 18.6 Å². The van der Waals surface area contributed by atoms with E-state index in [2.05, 4.69) is 9.97 Å². The summed E-state index contributed by atoms with van der Waals surface area (Å²) in [5, 5.41) is 0. The van der Waals surface area contributed by atoms with Crippen molar-refractivity contribution >= 4 is 10.2 Å². The van der Waals surface area contributed by atoms with Crippen LogP contribution in [-0.2, 0) is 14.9 Å². The van der Waals surface area contributed by atoms with E-state index in [9.17, 15) is 8.42 Å². The Hall–Kier alpha value is -1.49. The molecule has 0 aromatic carbocycles. The predicted octanol–water partition coefficient (Wildman–Crippen LogP) is -0.485. The molecule has 2 aliphatic rings. The summed E-state index contributed by atoms with van der Waals surface area (Å²) in [5.74, 6) is 0.693. The number of hydrogen-bond donors (Lipinski definition) is 0. The largest absolute Gasteiger partial charge is 0.480 e. The highest BCUT2D eigenvalue weighted by Gasteiger charge is 2.37. The van der Waals surface area contributed by atoms with Crippen molar-refractivity contribution in [3.05, 3.63) is 12.4 Å². The molecular formula is C13H20N4O5S. The highest BCUT2D eigenvalue weighted by Crippen LogP contribution is 2.22. The van der Waals surface area contributed by atoms with Crippen molar-refractivity contribution in [3.8, 4) is 11.8 Å². The molecule has 3 heterocycles. The summed E-state index contributed by atoms with van der Waals surface area (Å²) in [5.41, 5.74) is 0. The normalized spacial score (nSPS) is 23.8. The van der Waals surface area contributed by atoms with Crippen LogP contribution in [0.4, 0.5) is 0 Å². The fourth-order valence-corrected chi connectivity index (χ4v) is 4.23. The van der Waals surface area contributed by atoms with Gasteiger partial charge in [-0.2, -0.15) is 22.0 Å². The van der Waals surface area contributed by atoms with Crippen molar-refractivity contribution in [3.63, 3.8) is 0 Å².